The van der Waals surface area contributed by atoms with Gasteiger partial charge in [-0.25, -0.2) is 4.79 Å². The van der Waals surface area contributed by atoms with E-state index in [-0.39, 0.29) is 24.9 Å². The van der Waals surface area contributed by atoms with Crippen molar-refractivity contribution < 1.29 is 19.1 Å². The maximum Gasteiger partial charge on any atom is 0.407 e. The molecule has 0 aliphatic rings. The third kappa shape index (κ3) is 6.80. The number of carbonyl (C=O) groups excluding carboxylic acids is 2. The van der Waals surface area contributed by atoms with E-state index in [1.165, 1.54) is 7.11 Å². The highest BCUT2D eigenvalue weighted by Gasteiger charge is 2.20. The minimum Gasteiger partial charge on any atom is -0.469 e. The van der Waals surface area contributed by atoms with Crippen LogP contribution in [0.25, 0.3) is 0 Å². The van der Waals surface area contributed by atoms with Crippen LogP contribution in [-0.4, -0.2) is 31.3 Å². The number of hydrogen-bond donors (Lipinski definition) is 1. The molecule has 1 N–H and O–H groups in total. The smallest absolute Gasteiger partial charge is 0.407 e. The van der Waals surface area contributed by atoms with Crippen molar-refractivity contribution in [3.8, 4) is 0 Å². The highest BCUT2D eigenvalue weighted by Crippen LogP contribution is 2.23. The number of rotatable bonds is 5. The summed E-state index contributed by atoms with van der Waals surface area (Å²) in [5.74, 6) is -0.588. The van der Waals surface area contributed by atoms with E-state index < -0.39 is 11.7 Å². The Morgan fingerprint density at radius 3 is 2.55 bits per heavy atom. The number of ether oxygens (including phenoxy) is 2. The third-order valence-corrected chi connectivity index (χ3v) is 3.09. The fourth-order valence-electron chi connectivity index (χ4n) is 1.87. The zero-order chi connectivity index (χ0) is 16.8. The summed E-state index contributed by atoms with van der Waals surface area (Å²) in [6.07, 6.45) is -0.378. The van der Waals surface area contributed by atoms with Crippen molar-refractivity contribution in [1.29, 1.82) is 0 Å². The average Bonchev–Trinajstić information content (AvgIpc) is 2.41. The number of hydrogen-bond acceptors (Lipinski definition) is 4. The van der Waals surface area contributed by atoms with Crippen LogP contribution in [0.3, 0.4) is 0 Å². The second kappa shape index (κ2) is 8.03. The monoisotopic (exact) mass is 327 g/mol. The second-order valence-corrected chi connectivity index (χ2v) is 6.35. The van der Waals surface area contributed by atoms with Gasteiger partial charge in [-0.05, 0) is 38.5 Å². The van der Waals surface area contributed by atoms with E-state index >= 15 is 0 Å². The van der Waals surface area contributed by atoms with Crippen LogP contribution in [0.2, 0.25) is 5.02 Å². The molecule has 22 heavy (non-hydrogen) atoms. The fourth-order valence-corrected chi connectivity index (χ4v) is 2.07. The molecule has 0 aliphatic carbocycles. The van der Waals surface area contributed by atoms with Crippen molar-refractivity contribution in [2.24, 2.45) is 0 Å². The maximum absolute atomic E-state index is 11.7. The minimum atomic E-state index is -0.571. The van der Waals surface area contributed by atoms with Crippen LogP contribution in [0.15, 0.2) is 24.3 Å². The number of benzene rings is 1. The van der Waals surface area contributed by atoms with Crippen molar-refractivity contribution in [2.45, 2.75) is 38.7 Å². The summed E-state index contributed by atoms with van der Waals surface area (Å²) in [6, 6.07) is 7.18. The molecule has 0 aliphatic heterocycles. The molecule has 0 saturated carbocycles. The predicted octanol–water partition coefficient (Wildman–Crippen LogP) is 3.51. The van der Waals surface area contributed by atoms with Gasteiger partial charge >= 0.3 is 12.1 Å². The number of alkyl carbamates (subject to hydrolysis) is 1. The molecule has 0 radical (unpaired) electrons. The van der Waals surface area contributed by atoms with Gasteiger partial charge in [0.1, 0.15) is 5.60 Å². The van der Waals surface area contributed by atoms with Gasteiger partial charge in [0.05, 0.1) is 13.5 Å². The molecule has 0 saturated heterocycles. The molecule has 122 valence electrons. The van der Waals surface area contributed by atoms with Gasteiger partial charge in [-0.15, -0.1) is 0 Å². The quantitative estimate of drug-likeness (QED) is 0.840. The Kier molecular flexibility index (Phi) is 6.68. The summed E-state index contributed by atoms with van der Waals surface area (Å²) in [5, 5.41) is 3.25. The van der Waals surface area contributed by atoms with Crippen LogP contribution < -0.4 is 5.32 Å². The Labute approximate surface area is 135 Å². The normalized spacial score (nSPS) is 12.4. The Bertz CT molecular complexity index is 525. The van der Waals surface area contributed by atoms with Crippen LogP contribution in [0.1, 0.15) is 38.7 Å². The lowest BCUT2D eigenvalue weighted by molar-refractivity contribution is -0.141. The highest BCUT2D eigenvalue weighted by molar-refractivity contribution is 6.30. The van der Waals surface area contributed by atoms with Gasteiger partial charge in [0.2, 0.25) is 0 Å². The summed E-state index contributed by atoms with van der Waals surface area (Å²) < 4.78 is 9.89. The van der Waals surface area contributed by atoms with Gasteiger partial charge in [0.15, 0.2) is 0 Å². The number of amides is 1. The number of methoxy groups -OCH3 is 1. The van der Waals surface area contributed by atoms with Crippen LogP contribution in [0.4, 0.5) is 4.79 Å². The van der Waals surface area contributed by atoms with Crippen molar-refractivity contribution in [3.05, 3.63) is 34.9 Å². The van der Waals surface area contributed by atoms with Gasteiger partial charge < -0.3 is 14.8 Å². The molecular formula is C16H22ClNO4. The van der Waals surface area contributed by atoms with E-state index in [9.17, 15) is 9.59 Å². The van der Waals surface area contributed by atoms with Gasteiger partial charge in [0.25, 0.3) is 0 Å². The van der Waals surface area contributed by atoms with Gasteiger partial charge in [-0.3, -0.25) is 4.79 Å². The first-order chi connectivity index (χ1) is 10.2. The average molecular weight is 328 g/mol. The lowest BCUT2D eigenvalue weighted by atomic mass is 9.96. The SMILES string of the molecule is COC(=O)CC(CNC(=O)OC(C)(C)C)c1cccc(Cl)c1. The summed E-state index contributed by atoms with van der Waals surface area (Å²) in [7, 11) is 1.33. The number of carbonyl (C=O) groups is 2. The molecule has 0 spiro atoms. The van der Waals surface area contributed by atoms with Crippen molar-refractivity contribution in [3.63, 3.8) is 0 Å². The van der Waals surface area contributed by atoms with E-state index in [0.29, 0.717) is 5.02 Å². The van der Waals surface area contributed by atoms with Crippen LogP contribution in [-0.2, 0) is 14.3 Å². The predicted molar refractivity (Wildman–Crippen MR) is 85.1 cm³/mol. The third-order valence-electron chi connectivity index (χ3n) is 2.85. The van der Waals surface area contributed by atoms with Crippen molar-refractivity contribution >= 4 is 23.7 Å². The van der Waals surface area contributed by atoms with E-state index in [1.54, 1.807) is 39.0 Å². The standard InChI is InChI=1S/C16H22ClNO4/c1-16(2,3)22-15(20)18-10-12(9-14(19)21-4)11-6-5-7-13(17)8-11/h5-8,12H,9-10H2,1-4H3,(H,18,20). The summed E-state index contributed by atoms with van der Waals surface area (Å²) in [4.78, 5) is 23.3. The molecule has 1 rings (SSSR count). The molecule has 0 fully saturated rings. The van der Waals surface area contributed by atoms with Gasteiger partial charge in [0, 0.05) is 17.5 Å². The Hall–Kier alpha value is -1.75. The van der Waals surface area contributed by atoms with E-state index in [2.05, 4.69) is 5.32 Å². The topological polar surface area (TPSA) is 64.6 Å². The van der Waals surface area contributed by atoms with E-state index in [0.717, 1.165) is 5.56 Å². The van der Waals surface area contributed by atoms with E-state index in [4.69, 9.17) is 21.1 Å². The maximum atomic E-state index is 11.7. The zero-order valence-electron chi connectivity index (χ0n) is 13.3. The molecule has 1 aromatic rings. The fraction of sp³-hybridized carbons (Fsp3) is 0.500. The van der Waals surface area contributed by atoms with Gasteiger partial charge in [-0.2, -0.15) is 0 Å². The molecule has 1 unspecified atom stereocenters. The molecule has 0 bridgehead atoms. The molecule has 0 aromatic heterocycles. The van der Waals surface area contributed by atoms with Crippen LogP contribution >= 0.6 is 11.6 Å². The first kappa shape index (κ1) is 18.3. The molecule has 6 heteroatoms. The largest absolute Gasteiger partial charge is 0.469 e. The number of halogens is 1. The lowest BCUT2D eigenvalue weighted by Crippen LogP contribution is -2.35. The summed E-state index contributed by atoms with van der Waals surface area (Å²) >= 11 is 5.98. The molecule has 5 nitrogen and oxygen atoms in total. The Morgan fingerprint density at radius 1 is 1.32 bits per heavy atom. The van der Waals surface area contributed by atoms with Crippen LogP contribution in [0, 0.1) is 0 Å². The summed E-state index contributed by atoms with van der Waals surface area (Å²) in [5.41, 5.74) is 0.284. The van der Waals surface area contributed by atoms with E-state index in [1.807, 2.05) is 6.07 Å². The zero-order valence-corrected chi connectivity index (χ0v) is 14.1. The molecule has 1 amide bonds. The first-order valence-corrected chi connectivity index (χ1v) is 7.38. The Balaban J connectivity index is 2.75. The Morgan fingerprint density at radius 2 is 2.00 bits per heavy atom. The molecule has 1 aromatic carbocycles. The first-order valence-electron chi connectivity index (χ1n) is 7.00. The lowest BCUT2D eigenvalue weighted by Gasteiger charge is -2.22. The molecular weight excluding hydrogens is 306 g/mol. The van der Waals surface area contributed by atoms with Gasteiger partial charge in [-0.1, -0.05) is 23.7 Å². The van der Waals surface area contributed by atoms with Crippen molar-refractivity contribution in [2.75, 3.05) is 13.7 Å². The minimum absolute atomic E-state index is 0.145. The molecule has 1 atom stereocenters. The summed E-state index contributed by atoms with van der Waals surface area (Å²) in [6.45, 7) is 5.62. The van der Waals surface area contributed by atoms with Crippen molar-refractivity contribution in [1.82, 2.24) is 5.32 Å². The molecule has 0 heterocycles. The van der Waals surface area contributed by atoms with Crippen LogP contribution in [0.5, 0.6) is 0 Å². The highest BCUT2D eigenvalue weighted by atomic mass is 35.5. The number of nitrogens with one attached hydrogen (secondary N) is 1. The second-order valence-electron chi connectivity index (χ2n) is 5.91. The number of esters is 1.